The van der Waals surface area contributed by atoms with E-state index >= 15 is 0 Å². The van der Waals surface area contributed by atoms with Gasteiger partial charge in [-0.05, 0) is 30.2 Å². The van der Waals surface area contributed by atoms with Crippen molar-refractivity contribution in [1.29, 1.82) is 0 Å². The van der Waals surface area contributed by atoms with Crippen LogP contribution in [0.1, 0.15) is 19.7 Å². The monoisotopic (exact) mass is 478 g/mol. The SMILES string of the molecule is CC(C)[C@H](NS(=O)(=O)c1ccccc1F)C(=O)OCc1nnc(-c2ccc([N+](=O)[O-])cc2)o1. The summed E-state index contributed by atoms with van der Waals surface area (Å²) in [5.74, 6) is -2.41. The van der Waals surface area contributed by atoms with Gasteiger partial charge in [-0.25, -0.2) is 12.8 Å². The lowest BCUT2D eigenvalue weighted by Crippen LogP contribution is -2.45. The highest BCUT2D eigenvalue weighted by atomic mass is 32.2. The summed E-state index contributed by atoms with van der Waals surface area (Å²) in [5, 5.41) is 18.3. The minimum Gasteiger partial charge on any atom is -0.454 e. The van der Waals surface area contributed by atoms with Gasteiger partial charge in [-0.2, -0.15) is 4.72 Å². The predicted octanol–water partition coefficient (Wildman–Crippen LogP) is 2.83. The highest BCUT2D eigenvalue weighted by Crippen LogP contribution is 2.22. The fourth-order valence-electron chi connectivity index (χ4n) is 2.73. The normalized spacial score (nSPS) is 12.5. The Morgan fingerprint density at radius 2 is 1.85 bits per heavy atom. The van der Waals surface area contributed by atoms with Crippen LogP contribution < -0.4 is 4.72 Å². The highest BCUT2D eigenvalue weighted by Gasteiger charge is 2.31. The number of aromatic nitrogens is 2. The first-order valence-electron chi connectivity index (χ1n) is 9.59. The quantitative estimate of drug-likeness (QED) is 0.278. The molecule has 0 aliphatic rings. The summed E-state index contributed by atoms with van der Waals surface area (Å²) in [7, 11) is -4.33. The second kappa shape index (κ2) is 9.83. The molecule has 0 aliphatic carbocycles. The largest absolute Gasteiger partial charge is 0.454 e. The zero-order chi connectivity index (χ0) is 24.2. The second-order valence-corrected chi connectivity index (χ2v) is 8.87. The Hall–Kier alpha value is -3.71. The van der Waals surface area contributed by atoms with Crippen molar-refractivity contribution in [3.63, 3.8) is 0 Å². The van der Waals surface area contributed by atoms with Crippen LogP contribution in [0.2, 0.25) is 0 Å². The average molecular weight is 478 g/mol. The van der Waals surface area contributed by atoms with Crippen LogP contribution in [0.15, 0.2) is 57.8 Å². The third-order valence-electron chi connectivity index (χ3n) is 4.46. The molecule has 33 heavy (non-hydrogen) atoms. The highest BCUT2D eigenvalue weighted by molar-refractivity contribution is 7.89. The molecule has 13 heteroatoms. The molecule has 1 atom stereocenters. The van der Waals surface area contributed by atoms with Gasteiger partial charge in [0.15, 0.2) is 6.61 Å². The Morgan fingerprint density at radius 3 is 2.45 bits per heavy atom. The molecule has 0 spiro atoms. The predicted molar refractivity (Wildman–Crippen MR) is 112 cm³/mol. The first kappa shape index (κ1) is 23.9. The zero-order valence-corrected chi connectivity index (χ0v) is 18.3. The molecule has 0 radical (unpaired) electrons. The summed E-state index contributed by atoms with van der Waals surface area (Å²) in [6, 6.07) is 8.88. The van der Waals surface area contributed by atoms with Crippen molar-refractivity contribution in [2.75, 3.05) is 0 Å². The minimum absolute atomic E-state index is 0.0524. The number of halogens is 1. The molecular formula is C20H19FN4O7S. The number of nitro groups is 1. The Bertz CT molecular complexity index is 1260. The van der Waals surface area contributed by atoms with Gasteiger partial charge in [0, 0.05) is 17.7 Å². The molecule has 2 aromatic carbocycles. The number of benzene rings is 2. The zero-order valence-electron chi connectivity index (χ0n) is 17.5. The summed E-state index contributed by atoms with van der Waals surface area (Å²) in [5.41, 5.74) is 0.313. The van der Waals surface area contributed by atoms with E-state index in [2.05, 4.69) is 14.9 Å². The smallest absolute Gasteiger partial charge is 0.324 e. The first-order valence-corrected chi connectivity index (χ1v) is 11.1. The number of rotatable bonds is 9. The van der Waals surface area contributed by atoms with E-state index < -0.39 is 50.2 Å². The van der Waals surface area contributed by atoms with Crippen molar-refractivity contribution in [2.24, 2.45) is 5.92 Å². The number of esters is 1. The van der Waals surface area contributed by atoms with Crippen molar-refractivity contribution in [2.45, 2.75) is 31.4 Å². The van der Waals surface area contributed by atoms with Crippen LogP contribution in [0, 0.1) is 21.8 Å². The number of nitrogens with one attached hydrogen (secondary N) is 1. The molecule has 0 saturated carbocycles. The van der Waals surface area contributed by atoms with Gasteiger partial charge in [0.05, 0.1) is 4.92 Å². The van der Waals surface area contributed by atoms with Gasteiger partial charge in [0.25, 0.3) is 11.6 Å². The van der Waals surface area contributed by atoms with E-state index in [1.54, 1.807) is 13.8 Å². The molecule has 3 rings (SSSR count). The van der Waals surface area contributed by atoms with Gasteiger partial charge in [0.1, 0.15) is 16.8 Å². The van der Waals surface area contributed by atoms with Crippen molar-refractivity contribution in [1.82, 2.24) is 14.9 Å². The Labute approximate surface area is 187 Å². The molecule has 174 valence electrons. The van der Waals surface area contributed by atoms with E-state index in [1.165, 1.54) is 36.4 Å². The molecule has 3 aromatic rings. The number of nitro benzene ring substituents is 1. The lowest BCUT2D eigenvalue weighted by Gasteiger charge is -2.20. The van der Waals surface area contributed by atoms with Crippen LogP contribution in [0.3, 0.4) is 0 Å². The molecular weight excluding hydrogens is 459 g/mol. The maximum Gasteiger partial charge on any atom is 0.324 e. The molecule has 0 unspecified atom stereocenters. The van der Waals surface area contributed by atoms with Crippen LogP contribution in [-0.4, -0.2) is 35.5 Å². The number of hydrogen-bond donors (Lipinski definition) is 1. The van der Waals surface area contributed by atoms with Crippen LogP contribution in [-0.2, 0) is 26.2 Å². The molecule has 1 aromatic heterocycles. The number of ether oxygens (including phenoxy) is 1. The van der Waals surface area contributed by atoms with E-state index in [4.69, 9.17) is 9.15 Å². The molecule has 11 nitrogen and oxygen atoms in total. The molecule has 1 N–H and O–H groups in total. The summed E-state index contributed by atoms with van der Waals surface area (Å²) in [6.45, 7) is 2.74. The standard InChI is InChI=1S/C20H19FN4O7S/c1-12(2)18(24-33(29,30)16-6-4-3-5-15(16)21)20(26)31-11-17-22-23-19(32-17)13-7-9-14(10-8-13)25(27)28/h3-10,12,18,24H,11H2,1-2H3/t18-/m0/s1. The van der Waals surface area contributed by atoms with Gasteiger partial charge >= 0.3 is 5.97 Å². The molecule has 0 saturated heterocycles. The van der Waals surface area contributed by atoms with E-state index in [-0.39, 0.29) is 17.5 Å². The third-order valence-corrected chi connectivity index (χ3v) is 5.93. The lowest BCUT2D eigenvalue weighted by atomic mass is 10.1. The number of carbonyl (C=O) groups excluding carboxylic acids is 1. The Morgan fingerprint density at radius 1 is 1.18 bits per heavy atom. The number of non-ortho nitro benzene ring substituents is 1. The van der Waals surface area contributed by atoms with Crippen molar-refractivity contribution in [3.8, 4) is 11.5 Å². The van der Waals surface area contributed by atoms with Gasteiger partial charge in [-0.1, -0.05) is 26.0 Å². The fraction of sp³-hybridized carbons (Fsp3) is 0.250. The molecule has 0 amide bonds. The third kappa shape index (κ3) is 5.75. The van der Waals surface area contributed by atoms with Gasteiger partial charge in [0.2, 0.25) is 15.9 Å². The number of sulfonamides is 1. The molecule has 1 heterocycles. The van der Waals surface area contributed by atoms with E-state index in [0.717, 1.165) is 12.1 Å². The minimum atomic E-state index is -4.33. The molecule has 0 fully saturated rings. The van der Waals surface area contributed by atoms with E-state index in [0.29, 0.717) is 5.56 Å². The Kier molecular flexibility index (Phi) is 7.13. The lowest BCUT2D eigenvalue weighted by molar-refractivity contribution is -0.384. The summed E-state index contributed by atoms with van der Waals surface area (Å²) < 4.78 is 51.7. The number of carbonyl (C=O) groups is 1. The van der Waals surface area contributed by atoms with Crippen molar-refractivity contribution >= 4 is 21.7 Å². The molecule has 0 aliphatic heterocycles. The topological polar surface area (TPSA) is 155 Å². The number of nitrogens with zero attached hydrogens (tertiary/aromatic N) is 3. The summed E-state index contributed by atoms with van der Waals surface area (Å²) in [6.07, 6.45) is 0. The van der Waals surface area contributed by atoms with Crippen LogP contribution in [0.5, 0.6) is 0 Å². The maximum atomic E-state index is 13.9. The summed E-state index contributed by atoms with van der Waals surface area (Å²) in [4.78, 5) is 22.1. The van der Waals surface area contributed by atoms with Crippen molar-refractivity contribution < 1.29 is 31.7 Å². The Balaban J connectivity index is 1.67. The summed E-state index contributed by atoms with van der Waals surface area (Å²) >= 11 is 0. The van der Waals surface area contributed by atoms with E-state index in [9.17, 15) is 27.7 Å². The van der Waals surface area contributed by atoms with Gasteiger partial charge in [-0.15, -0.1) is 10.2 Å². The van der Waals surface area contributed by atoms with E-state index in [1.807, 2.05) is 0 Å². The van der Waals surface area contributed by atoms with Crippen LogP contribution in [0.25, 0.3) is 11.5 Å². The van der Waals surface area contributed by atoms with Crippen LogP contribution in [0.4, 0.5) is 10.1 Å². The van der Waals surface area contributed by atoms with Gasteiger partial charge < -0.3 is 9.15 Å². The second-order valence-electron chi connectivity index (χ2n) is 7.19. The molecule has 0 bridgehead atoms. The number of hydrogen-bond acceptors (Lipinski definition) is 9. The van der Waals surface area contributed by atoms with Crippen molar-refractivity contribution in [3.05, 3.63) is 70.4 Å². The van der Waals surface area contributed by atoms with Crippen LogP contribution >= 0.6 is 0 Å². The van der Waals surface area contributed by atoms with Gasteiger partial charge in [-0.3, -0.25) is 14.9 Å². The fourth-order valence-corrected chi connectivity index (χ4v) is 4.14. The average Bonchev–Trinajstić information content (AvgIpc) is 3.25. The maximum absolute atomic E-state index is 13.9. The first-order chi connectivity index (χ1) is 15.6.